The molecular formula is C21H38ClFN2O5. The van der Waals surface area contributed by atoms with E-state index in [-0.39, 0.29) is 18.6 Å². The standard InChI is InChI=1S/C21H38ClFN2O5/c1-3-15-17(26)18(27)19(28)20(30-15)16(12(2)22)25-21(29)14-8-7-13(9-11-24-14)6-4-5-10-23/h12-20,24,26-28H,3-11H2,1-2H3,(H,25,29). The number of aliphatic hydroxyl groups excluding tert-OH is 3. The van der Waals surface area contributed by atoms with Crippen LogP contribution in [0.4, 0.5) is 4.39 Å². The van der Waals surface area contributed by atoms with Gasteiger partial charge in [-0.25, -0.2) is 0 Å². The van der Waals surface area contributed by atoms with Gasteiger partial charge in [0, 0.05) is 0 Å². The number of aliphatic hydroxyl groups is 3. The van der Waals surface area contributed by atoms with Gasteiger partial charge in [0.25, 0.3) is 0 Å². The SMILES string of the molecule is CCC1OC(C(NC(=O)C2CCC(CCCCF)CCN2)C(C)Cl)C(O)C(O)C1O. The van der Waals surface area contributed by atoms with Crippen LogP contribution in [-0.4, -0.2) is 82.4 Å². The lowest BCUT2D eigenvalue weighted by atomic mass is 9.89. The first kappa shape index (κ1) is 25.7. The fourth-order valence-corrected chi connectivity index (χ4v) is 4.69. The molecule has 2 rings (SSSR count). The summed E-state index contributed by atoms with van der Waals surface area (Å²) in [4.78, 5) is 12.9. The summed E-state index contributed by atoms with van der Waals surface area (Å²) in [6.07, 6.45) is -0.103. The first-order valence-corrected chi connectivity index (χ1v) is 11.7. The number of carbonyl (C=O) groups excluding carboxylic acids is 1. The van der Waals surface area contributed by atoms with Gasteiger partial charge in [-0.15, -0.1) is 11.6 Å². The molecule has 9 atom stereocenters. The number of halogens is 2. The van der Waals surface area contributed by atoms with Gasteiger partial charge in [0.15, 0.2) is 0 Å². The van der Waals surface area contributed by atoms with Crippen molar-refractivity contribution < 1.29 is 29.2 Å². The molecule has 30 heavy (non-hydrogen) atoms. The van der Waals surface area contributed by atoms with Crippen LogP contribution in [0.15, 0.2) is 0 Å². The number of rotatable bonds is 9. The number of alkyl halides is 2. The van der Waals surface area contributed by atoms with E-state index in [9.17, 15) is 24.5 Å². The highest BCUT2D eigenvalue weighted by molar-refractivity contribution is 6.21. The topological polar surface area (TPSA) is 111 Å². The van der Waals surface area contributed by atoms with Crippen LogP contribution in [0.25, 0.3) is 0 Å². The molecule has 0 radical (unpaired) electrons. The summed E-state index contributed by atoms with van der Waals surface area (Å²) in [7, 11) is 0. The van der Waals surface area contributed by atoms with Crippen LogP contribution in [0.2, 0.25) is 0 Å². The van der Waals surface area contributed by atoms with Crippen molar-refractivity contribution in [2.75, 3.05) is 13.2 Å². The predicted molar refractivity (Wildman–Crippen MR) is 113 cm³/mol. The lowest BCUT2D eigenvalue weighted by Crippen LogP contribution is -2.65. The molecule has 0 aromatic carbocycles. The molecule has 0 aliphatic carbocycles. The Morgan fingerprint density at radius 3 is 2.57 bits per heavy atom. The number of amides is 1. The average molecular weight is 453 g/mol. The molecule has 0 bridgehead atoms. The minimum absolute atomic E-state index is 0.221. The Kier molecular flexibility index (Phi) is 10.7. The molecule has 0 spiro atoms. The van der Waals surface area contributed by atoms with E-state index in [2.05, 4.69) is 10.6 Å². The summed E-state index contributed by atoms with van der Waals surface area (Å²) < 4.78 is 18.2. The molecule has 176 valence electrons. The fraction of sp³-hybridized carbons (Fsp3) is 0.952. The van der Waals surface area contributed by atoms with E-state index >= 15 is 0 Å². The van der Waals surface area contributed by atoms with Gasteiger partial charge in [0.2, 0.25) is 5.91 Å². The summed E-state index contributed by atoms with van der Waals surface area (Å²) in [5.74, 6) is 0.261. The van der Waals surface area contributed by atoms with Crippen LogP contribution in [0.5, 0.6) is 0 Å². The lowest BCUT2D eigenvalue weighted by molar-refractivity contribution is -0.228. The molecular weight excluding hydrogens is 415 g/mol. The van der Waals surface area contributed by atoms with Gasteiger partial charge >= 0.3 is 0 Å². The molecule has 0 aromatic rings. The zero-order valence-corrected chi connectivity index (χ0v) is 18.7. The Morgan fingerprint density at radius 1 is 1.20 bits per heavy atom. The van der Waals surface area contributed by atoms with Crippen molar-refractivity contribution in [2.24, 2.45) is 5.92 Å². The lowest BCUT2D eigenvalue weighted by Gasteiger charge is -2.44. The van der Waals surface area contributed by atoms with Gasteiger partial charge in [0.1, 0.15) is 24.4 Å². The summed E-state index contributed by atoms with van der Waals surface area (Å²) in [5.41, 5.74) is 0. The van der Waals surface area contributed by atoms with Crippen LogP contribution in [0.3, 0.4) is 0 Å². The summed E-state index contributed by atoms with van der Waals surface area (Å²) >= 11 is 6.33. The van der Waals surface area contributed by atoms with E-state index < -0.39 is 41.9 Å². The largest absolute Gasteiger partial charge is 0.388 e. The van der Waals surface area contributed by atoms with E-state index in [1.807, 2.05) is 6.92 Å². The van der Waals surface area contributed by atoms with E-state index in [0.29, 0.717) is 31.7 Å². The Hall–Kier alpha value is -0.510. The maximum absolute atomic E-state index is 12.9. The number of nitrogens with one attached hydrogen (secondary N) is 2. The molecule has 0 saturated carbocycles. The van der Waals surface area contributed by atoms with Gasteiger partial charge in [-0.05, 0) is 51.5 Å². The first-order chi connectivity index (χ1) is 14.3. The maximum atomic E-state index is 12.9. The number of carbonyl (C=O) groups is 1. The number of hydrogen-bond acceptors (Lipinski definition) is 6. The van der Waals surface area contributed by atoms with E-state index in [1.165, 1.54) is 0 Å². The van der Waals surface area contributed by atoms with E-state index in [1.54, 1.807) is 6.92 Å². The highest BCUT2D eigenvalue weighted by atomic mass is 35.5. The monoisotopic (exact) mass is 452 g/mol. The van der Waals surface area contributed by atoms with Gasteiger partial charge in [-0.3, -0.25) is 9.18 Å². The third-order valence-electron chi connectivity index (χ3n) is 6.43. The third kappa shape index (κ3) is 6.74. The summed E-state index contributed by atoms with van der Waals surface area (Å²) in [6.45, 7) is 3.94. The smallest absolute Gasteiger partial charge is 0.237 e. The molecule has 0 aromatic heterocycles. The minimum atomic E-state index is -1.37. The molecule has 2 fully saturated rings. The van der Waals surface area contributed by atoms with Crippen molar-refractivity contribution in [3.8, 4) is 0 Å². The highest BCUT2D eigenvalue weighted by Gasteiger charge is 2.47. The molecule has 9 heteroatoms. The van der Waals surface area contributed by atoms with Gasteiger partial charge in [-0.2, -0.15) is 0 Å². The van der Waals surface area contributed by atoms with Crippen molar-refractivity contribution in [3.63, 3.8) is 0 Å². The van der Waals surface area contributed by atoms with Crippen molar-refractivity contribution in [2.45, 2.75) is 107 Å². The second-order valence-electron chi connectivity index (χ2n) is 8.65. The molecule has 2 saturated heterocycles. The average Bonchev–Trinajstić information content (AvgIpc) is 2.97. The molecule has 2 aliphatic heterocycles. The summed E-state index contributed by atoms with van der Waals surface area (Å²) in [6, 6.07) is -1.11. The Balaban J connectivity index is 1.98. The van der Waals surface area contributed by atoms with Crippen molar-refractivity contribution in [3.05, 3.63) is 0 Å². The molecule has 7 nitrogen and oxygen atoms in total. The number of unbranched alkanes of at least 4 members (excludes halogenated alkanes) is 1. The minimum Gasteiger partial charge on any atom is -0.388 e. The van der Waals surface area contributed by atoms with E-state index in [4.69, 9.17) is 16.3 Å². The van der Waals surface area contributed by atoms with Crippen molar-refractivity contribution >= 4 is 17.5 Å². The predicted octanol–water partition coefficient (Wildman–Crippen LogP) is 1.26. The quantitative estimate of drug-likeness (QED) is 0.266. The molecule has 5 N–H and O–H groups in total. The Morgan fingerprint density at radius 2 is 1.93 bits per heavy atom. The Labute approximate surface area is 183 Å². The maximum Gasteiger partial charge on any atom is 0.237 e. The molecule has 1 amide bonds. The van der Waals surface area contributed by atoms with E-state index in [0.717, 1.165) is 25.7 Å². The van der Waals surface area contributed by atoms with Crippen LogP contribution in [0, 0.1) is 5.92 Å². The van der Waals surface area contributed by atoms with Crippen LogP contribution < -0.4 is 10.6 Å². The normalized spacial score (nSPS) is 37.2. The second-order valence-corrected chi connectivity index (χ2v) is 9.34. The van der Waals surface area contributed by atoms with Crippen LogP contribution >= 0.6 is 11.6 Å². The zero-order valence-electron chi connectivity index (χ0n) is 18.0. The van der Waals surface area contributed by atoms with Gasteiger partial charge in [-0.1, -0.05) is 19.8 Å². The second kappa shape index (κ2) is 12.5. The van der Waals surface area contributed by atoms with Crippen molar-refractivity contribution in [1.29, 1.82) is 0 Å². The highest BCUT2D eigenvalue weighted by Crippen LogP contribution is 2.28. The zero-order chi connectivity index (χ0) is 22.3. The van der Waals surface area contributed by atoms with Gasteiger partial charge < -0.3 is 30.7 Å². The van der Waals surface area contributed by atoms with Crippen LogP contribution in [0.1, 0.15) is 58.8 Å². The number of hydrogen-bond donors (Lipinski definition) is 5. The molecule has 2 heterocycles. The first-order valence-electron chi connectivity index (χ1n) is 11.2. The van der Waals surface area contributed by atoms with Crippen molar-refractivity contribution in [1.82, 2.24) is 10.6 Å². The summed E-state index contributed by atoms with van der Waals surface area (Å²) in [5, 5.41) is 36.4. The van der Waals surface area contributed by atoms with Crippen LogP contribution in [-0.2, 0) is 9.53 Å². The molecule has 9 unspecified atom stereocenters. The molecule has 2 aliphatic rings. The van der Waals surface area contributed by atoms with Gasteiger partial charge in [0.05, 0.1) is 30.2 Å². The Bertz CT molecular complexity index is 528. The third-order valence-corrected chi connectivity index (χ3v) is 6.70. The number of ether oxygens (including phenoxy) is 1. The fourth-order valence-electron chi connectivity index (χ4n) is 4.49.